The largest absolute Gasteiger partial charge is 0.305 e. The Balaban J connectivity index is 1.84. The highest BCUT2D eigenvalue weighted by molar-refractivity contribution is 5.98. The number of hydrogen-bond donors (Lipinski definition) is 1. The molecule has 92 valence electrons. The standard InChI is InChI=1S/C17H19N/c1-14-10-12-16(13-11-14)17(18)9-5-8-15-6-3-2-4-7-15/h2-4,6-7,10-13,18H,5,8-9H2,1H3. The third-order valence-electron chi connectivity index (χ3n) is 3.14. The first-order chi connectivity index (χ1) is 8.75. The number of nitrogens with one attached hydrogen (secondary N) is 1. The summed E-state index contributed by atoms with van der Waals surface area (Å²) in [5.74, 6) is 0. The predicted molar refractivity (Wildman–Crippen MR) is 77.4 cm³/mol. The predicted octanol–water partition coefficient (Wildman–Crippen LogP) is 4.39. The van der Waals surface area contributed by atoms with Crippen LogP contribution in [0.25, 0.3) is 0 Å². The molecule has 2 rings (SSSR count). The summed E-state index contributed by atoms with van der Waals surface area (Å²) in [4.78, 5) is 0. The smallest absolute Gasteiger partial charge is 0.0386 e. The quantitative estimate of drug-likeness (QED) is 0.746. The summed E-state index contributed by atoms with van der Waals surface area (Å²) in [6, 6.07) is 18.7. The molecular weight excluding hydrogens is 218 g/mol. The van der Waals surface area contributed by atoms with Gasteiger partial charge in [-0.1, -0.05) is 60.2 Å². The van der Waals surface area contributed by atoms with Gasteiger partial charge in [-0.15, -0.1) is 0 Å². The number of aryl methyl sites for hydroxylation is 2. The second kappa shape index (κ2) is 6.15. The summed E-state index contributed by atoms with van der Waals surface area (Å²) in [6.07, 6.45) is 2.93. The third kappa shape index (κ3) is 3.56. The molecule has 0 unspecified atom stereocenters. The molecule has 1 heteroatoms. The van der Waals surface area contributed by atoms with E-state index in [4.69, 9.17) is 5.41 Å². The molecule has 0 bridgehead atoms. The maximum Gasteiger partial charge on any atom is 0.0386 e. The van der Waals surface area contributed by atoms with Crippen LogP contribution in [0.4, 0.5) is 0 Å². The molecular formula is C17H19N. The number of benzene rings is 2. The summed E-state index contributed by atoms with van der Waals surface area (Å²) in [7, 11) is 0. The van der Waals surface area contributed by atoms with Gasteiger partial charge in [0.15, 0.2) is 0 Å². The van der Waals surface area contributed by atoms with Crippen LogP contribution in [0, 0.1) is 12.3 Å². The second-order valence-electron chi connectivity index (χ2n) is 4.68. The Morgan fingerprint density at radius 3 is 2.28 bits per heavy atom. The van der Waals surface area contributed by atoms with Crippen molar-refractivity contribution >= 4 is 5.71 Å². The zero-order valence-electron chi connectivity index (χ0n) is 10.8. The van der Waals surface area contributed by atoms with Gasteiger partial charge in [-0.3, -0.25) is 0 Å². The van der Waals surface area contributed by atoms with E-state index in [1.54, 1.807) is 0 Å². The van der Waals surface area contributed by atoms with E-state index in [1.807, 2.05) is 18.2 Å². The Bertz CT molecular complexity index is 497. The van der Waals surface area contributed by atoms with Gasteiger partial charge in [0.25, 0.3) is 0 Å². The maximum atomic E-state index is 8.07. The zero-order valence-corrected chi connectivity index (χ0v) is 10.8. The lowest BCUT2D eigenvalue weighted by molar-refractivity contribution is 0.862. The highest BCUT2D eigenvalue weighted by Gasteiger charge is 2.01. The molecule has 1 nitrogen and oxygen atoms in total. The van der Waals surface area contributed by atoms with Crippen LogP contribution in [0.3, 0.4) is 0 Å². The average molecular weight is 237 g/mol. The van der Waals surface area contributed by atoms with Crippen LogP contribution in [-0.4, -0.2) is 5.71 Å². The molecule has 2 aromatic rings. The minimum atomic E-state index is 0.742. The molecule has 0 aliphatic carbocycles. The average Bonchev–Trinajstić information content (AvgIpc) is 2.40. The van der Waals surface area contributed by atoms with Gasteiger partial charge in [0.1, 0.15) is 0 Å². The SMILES string of the molecule is Cc1ccc(C(=N)CCCc2ccccc2)cc1. The summed E-state index contributed by atoms with van der Waals surface area (Å²) in [5.41, 5.74) is 4.39. The lowest BCUT2D eigenvalue weighted by Crippen LogP contribution is -2.00. The summed E-state index contributed by atoms with van der Waals surface area (Å²) in [5, 5.41) is 8.07. The van der Waals surface area contributed by atoms with Gasteiger partial charge in [-0.05, 0) is 37.3 Å². The molecule has 0 spiro atoms. The van der Waals surface area contributed by atoms with Crippen molar-refractivity contribution in [1.29, 1.82) is 5.41 Å². The van der Waals surface area contributed by atoms with Crippen LogP contribution in [-0.2, 0) is 6.42 Å². The molecule has 0 aromatic heterocycles. The van der Waals surface area contributed by atoms with Gasteiger partial charge in [0.2, 0.25) is 0 Å². The molecule has 0 heterocycles. The highest BCUT2D eigenvalue weighted by atomic mass is 14.4. The van der Waals surface area contributed by atoms with Gasteiger partial charge in [-0.25, -0.2) is 0 Å². The number of hydrogen-bond acceptors (Lipinski definition) is 1. The molecule has 0 aliphatic heterocycles. The van der Waals surface area contributed by atoms with E-state index in [-0.39, 0.29) is 0 Å². The van der Waals surface area contributed by atoms with Crippen molar-refractivity contribution in [3.05, 3.63) is 71.3 Å². The van der Waals surface area contributed by atoms with Gasteiger partial charge in [-0.2, -0.15) is 0 Å². The molecule has 0 aliphatic rings. The molecule has 1 N–H and O–H groups in total. The molecule has 0 saturated carbocycles. The molecule has 2 aromatic carbocycles. The van der Waals surface area contributed by atoms with E-state index in [1.165, 1.54) is 11.1 Å². The van der Waals surface area contributed by atoms with Crippen LogP contribution in [0.5, 0.6) is 0 Å². The minimum absolute atomic E-state index is 0.742. The van der Waals surface area contributed by atoms with E-state index in [0.717, 1.165) is 30.5 Å². The molecule has 0 saturated heterocycles. The van der Waals surface area contributed by atoms with E-state index >= 15 is 0 Å². The molecule has 0 radical (unpaired) electrons. The Kier molecular flexibility index (Phi) is 4.30. The molecule has 18 heavy (non-hydrogen) atoms. The fraction of sp³-hybridized carbons (Fsp3) is 0.235. The van der Waals surface area contributed by atoms with Crippen LogP contribution < -0.4 is 0 Å². The first kappa shape index (κ1) is 12.6. The van der Waals surface area contributed by atoms with Crippen molar-refractivity contribution in [2.45, 2.75) is 26.2 Å². The molecule has 0 fully saturated rings. The van der Waals surface area contributed by atoms with Crippen molar-refractivity contribution in [1.82, 2.24) is 0 Å². The van der Waals surface area contributed by atoms with Crippen molar-refractivity contribution in [2.24, 2.45) is 0 Å². The fourth-order valence-electron chi connectivity index (χ4n) is 2.01. The van der Waals surface area contributed by atoms with Crippen LogP contribution >= 0.6 is 0 Å². The summed E-state index contributed by atoms with van der Waals surface area (Å²) < 4.78 is 0. The Morgan fingerprint density at radius 2 is 1.61 bits per heavy atom. The van der Waals surface area contributed by atoms with Crippen molar-refractivity contribution in [2.75, 3.05) is 0 Å². The van der Waals surface area contributed by atoms with E-state index in [9.17, 15) is 0 Å². The summed E-state index contributed by atoms with van der Waals surface area (Å²) >= 11 is 0. The molecule has 0 atom stereocenters. The van der Waals surface area contributed by atoms with Crippen LogP contribution in [0.2, 0.25) is 0 Å². The minimum Gasteiger partial charge on any atom is -0.305 e. The normalized spacial score (nSPS) is 10.3. The van der Waals surface area contributed by atoms with Crippen LogP contribution in [0.1, 0.15) is 29.5 Å². The third-order valence-corrected chi connectivity index (χ3v) is 3.14. The van der Waals surface area contributed by atoms with E-state index < -0.39 is 0 Å². The van der Waals surface area contributed by atoms with E-state index in [0.29, 0.717) is 0 Å². The first-order valence-corrected chi connectivity index (χ1v) is 6.44. The zero-order chi connectivity index (χ0) is 12.8. The fourth-order valence-corrected chi connectivity index (χ4v) is 2.01. The second-order valence-corrected chi connectivity index (χ2v) is 4.68. The summed E-state index contributed by atoms with van der Waals surface area (Å²) in [6.45, 7) is 2.07. The van der Waals surface area contributed by atoms with Gasteiger partial charge in [0, 0.05) is 5.71 Å². The van der Waals surface area contributed by atoms with Gasteiger partial charge < -0.3 is 5.41 Å². The Labute approximate surface area is 109 Å². The van der Waals surface area contributed by atoms with Gasteiger partial charge in [0.05, 0.1) is 0 Å². The van der Waals surface area contributed by atoms with Crippen molar-refractivity contribution in [3.63, 3.8) is 0 Å². The van der Waals surface area contributed by atoms with Gasteiger partial charge >= 0.3 is 0 Å². The van der Waals surface area contributed by atoms with Crippen molar-refractivity contribution < 1.29 is 0 Å². The number of rotatable bonds is 5. The first-order valence-electron chi connectivity index (χ1n) is 6.44. The van der Waals surface area contributed by atoms with Crippen LogP contribution in [0.15, 0.2) is 54.6 Å². The van der Waals surface area contributed by atoms with E-state index in [2.05, 4.69) is 43.3 Å². The van der Waals surface area contributed by atoms with Crippen molar-refractivity contribution in [3.8, 4) is 0 Å². The Hall–Kier alpha value is -1.89. The molecule has 0 amide bonds. The monoisotopic (exact) mass is 237 g/mol. The maximum absolute atomic E-state index is 8.07. The lowest BCUT2D eigenvalue weighted by atomic mass is 10.0. The highest BCUT2D eigenvalue weighted by Crippen LogP contribution is 2.10. The topological polar surface area (TPSA) is 23.9 Å². The lowest BCUT2D eigenvalue weighted by Gasteiger charge is -2.05. The Morgan fingerprint density at radius 1 is 0.944 bits per heavy atom.